The molecule has 1 fully saturated rings. The van der Waals surface area contributed by atoms with Crippen molar-refractivity contribution in [1.29, 1.82) is 0 Å². The summed E-state index contributed by atoms with van der Waals surface area (Å²) in [5.74, 6) is 1.74. The molecule has 160 valence electrons. The number of carbonyl (C=O) groups is 1. The number of hydrogen-bond donors (Lipinski definition) is 0. The number of anilines is 1. The summed E-state index contributed by atoms with van der Waals surface area (Å²) in [4.78, 5) is 19.6. The number of unbranched alkanes of at least 4 members (excludes halogenated alkanes) is 1. The smallest absolute Gasteiger partial charge is 0.257 e. The molecule has 4 rings (SSSR count). The average molecular weight is 410 g/mol. The third-order valence-electron chi connectivity index (χ3n) is 5.97. The molecule has 2 aromatic rings. The zero-order valence-electron chi connectivity index (χ0n) is 17.8. The van der Waals surface area contributed by atoms with Gasteiger partial charge in [-0.3, -0.25) is 9.69 Å². The van der Waals surface area contributed by atoms with Crippen molar-refractivity contribution in [2.75, 3.05) is 64.4 Å². The van der Waals surface area contributed by atoms with Crippen LogP contribution in [0.25, 0.3) is 0 Å². The highest BCUT2D eigenvalue weighted by atomic mass is 16.5. The molecule has 6 nitrogen and oxygen atoms in total. The Bertz CT molecular complexity index is 849. The molecule has 1 saturated heterocycles. The lowest BCUT2D eigenvalue weighted by Crippen LogP contribution is -2.46. The molecule has 0 unspecified atom stereocenters. The fraction of sp³-hybridized carbons (Fsp3) is 0.458. The second-order valence-corrected chi connectivity index (χ2v) is 7.84. The van der Waals surface area contributed by atoms with Gasteiger partial charge >= 0.3 is 0 Å². The van der Waals surface area contributed by atoms with E-state index in [9.17, 15) is 4.79 Å². The van der Waals surface area contributed by atoms with E-state index in [1.54, 1.807) is 7.11 Å². The van der Waals surface area contributed by atoms with Crippen molar-refractivity contribution in [1.82, 2.24) is 9.80 Å². The maximum absolute atomic E-state index is 12.8. The number of fused-ring (bicyclic) bond motifs is 1. The number of carbonyl (C=O) groups excluding carboxylic acids is 1. The van der Waals surface area contributed by atoms with Crippen molar-refractivity contribution >= 4 is 11.6 Å². The quantitative estimate of drug-likeness (QED) is 0.658. The van der Waals surface area contributed by atoms with Crippen LogP contribution in [0.3, 0.4) is 0 Å². The molecule has 30 heavy (non-hydrogen) atoms. The second-order valence-electron chi connectivity index (χ2n) is 7.84. The first-order chi connectivity index (χ1) is 14.8. The average Bonchev–Trinajstić information content (AvgIpc) is 2.96. The van der Waals surface area contributed by atoms with E-state index in [0.717, 1.165) is 57.9 Å². The van der Waals surface area contributed by atoms with Gasteiger partial charge in [0.05, 0.1) is 24.9 Å². The summed E-state index contributed by atoms with van der Waals surface area (Å²) in [6.07, 6.45) is 2.11. The monoisotopic (exact) mass is 409 g/mol. The number of para-hydroxylation sites is 3. The Hall–Kier alpha value is -2.73. The zero-order chi connectivity index (χ0) is 20.8. The van der Waals surface area contributed by atoms with Gasteiger partial charge in [0.25, 0.3) is 5.91 Å². The van der Waals surface area contributed by atoms with Gasteiger partial charge in [0.2, 0.25) is 0 Å². The minimum atomic E-state index is 0.0912. The number of rotatable bonds is 7. The highest BCUT2D eigenvalue weighted by Crippen LogP contribution is 2.28. The molecule has 0 saturated carbocycles. The predicted molar refractivity (Wildman–Crippen MR) is 119 cm³/mol. The minimum absolute atomic E-state index is 0.0912. The van der Waals surface area contributed by atoms with Crippen molar-refractivity contribution in [2.24, 2.45) is 0 Å². The lowest BCUT2D eigenvalue weighted by atomic mass is 10.1. The topological polar surface area (TPSA) is 45.2 Å². The standard InChI is InChI=1S/C24H31N3O3/c1-29-23-11-5-3-9-21(23)26-16-14-25(15-17-26)12-6-7-13-27-18-19-30-22-10-4-2-8-20(22)24(27)28/h2-5,8-11H,6-7,12-19H2,1H3. The molecule has 1 amide bonds. The first-order valence-corrected chi connectivity index (χ1v) is 10.9. The summed E-state index contributed by atoms with van der Waals surface area (Å²) < 4.78 is 11.2. The van der Waals surface area contributed by atoms with Crippen molar-refractivity contribution in [2.45, 2.75) is 12.8 Å². The number of hydrogen-bond acceptors (Lipinski definition) is 5. The number of piperazine rings is 1. The molecule has 2 aliphatic heterocycles. The van der Waals surface area contributed by atoms with E-state index >= 15 is 0 Å². The molecule has 2 heterocycles. The Morgan fingerprint density at radius 1 is 0.900 bits per heavy atom. The zero-order valence-corrected chi connectivity index (χ0v) is 17.8. The van der Waals surface area contributed by atoms with E-state index in [2.05, 4.69) is 21.9 Å². The first kappa shape index (κ1) is 20.5. The molecule has 0 atom stereocenters. The van der Waals surface area contributed by atoms with Crippen LogP contribution in [0.4, 0.5) is 5.69 Å². The van der Waals surface area contributed by atoms with Crippen LogP contribution in [-0.4, -0.2) is 75.2 Å². The van der Waals surface area contributed by atoms with Gasteiger partial charge in [-0.05, 0) is 43.7 Å². The third kappa shape index (κ3) is 4.70. The van der Waals surface area contributed by atoms with Crippen LogP contribution in [0.1, 0.15) is 23.2 Å². The fourth-order valence-electron chi connectivity index (χ4n) is 4.26. The molecule has 0 bridgehead atoms. The van der Waals surface area contributed by atoms with Crippen LogP contribution in [0, 0.1) is 0 Å². The highest BCUT2D eigenvalue weighted by molar-refractivity contribution is 5.97. The van der Waals surface area contributed by atoms with Crippen LogP contribution in [-0.2, 0) is 0 Å². The van der Waals surface area contributed by atoms with Gasteiger partial charge in [0.15, 0.2) is 0 Å². The highest BCUT2D eigenvalue weighted by Gasteiger charge is 2.23. The number of amides is 1. The number of benzene rings is 2. The van der Waals surface area contributed by atoms with Crippen LogP contribution >= 0.6 is 0 Å². The SMILES string of the molecule is COc1ccccc1N1CCN(CCCCN2CCOc3ccccc3C2=O)CC1. The number of ether oxygens (including phenoxy) is 2. The van der Waals surface area contributed by atoms with Gasteiger partial charge in [-0.2, -0.15) is 0 Å². The van der Waals surface area contributed by atoms with Gasteiger partial charge in [-0.1, -0.05) is 24.3 Å². The molecular formula is C24H31N3O3. The van der Waals surface area contributed by atoms with Crippen molar-refractivity contribution in [3.8, 4) is 11.5 Å². The summed E-state index contributed by atoms with van der Waals surface area (Å²) in [6, 6.07) is 15.8. The Morgan fingerprint density at radius 2 is 1.63 bits per heavy atom. The van der Waals surface area contributed by atoms with E-state index in [1.807, 2.05) is 41.3 Å². The van der Waals surface area contributed by atoms with Gasteiger partial charge in [-0.25, -0.2) is 0 Å². The van der Waals surface area contributed by atoms with Gasteiger partial charge in [0, 0.05) is 32.7 Å². The Labute approximate surface area is 179 Å². The van der Waals surface area contributed by atoms with E-state index in [0.29, 0.717) is 24.5 Å². The molecule has 6 heteroatoms. The molecule has 0 aliphatic carbocycles. The molecular weight excluding hydrogens is 378 g/mol. The van der Waals surface area contributed by atoms with E-state index in [4.69, 9.17) is 9.47 Å². The Balaban J connectivity index is 1.20. The number of nitrogens with zero attached hydrogens (tertiary/aromatic N) is 3. The predicted octanol–water partition coefficient (Wildman–Crippen LogP) is 3.13. The van der Waals surface area contributed by atoms with Crippen molar-refractivity contribution in [3.63, 3.8) is 0 Å². The van der Waals surface area contributed by atoms with Crippen molar-refractivity contribution < 1.29 is 14.3 Å². The van der Waals surface area contributed by atoms with E-state index < -0.39 is 0 Å². The largest absolute Gasteiger partial charge is 0.495 e. The lowest BCUT2D eigenvalue weighted by molar-refractivity contribution is 0.0751. The molecule has 0 spiro atoms. The van der Waals surface area contributed by atoms with Gasteiger partial charge in [0.1, 0.15) is 18.1 Å². The minimum Gasteiger partial charge on any atom is -0.495 e. The maximum atomic E-state index is 12.8. The molecule has 2 aromatic carbocycles. The fourth-order valence-corrected chi connectivity index (χ4v) is 4.26. The van der Waals surface area contributed by atoms with E-state index in [-0.39, 0.29) is 5.91 Å². The summed E-state index contributed by atoms with van der Waals surface area (Å²) in [7, 11) is 1.73. The Morgan fingerprint density at radius 3 is 2.47 bits per heavy atom. The van der Waals surface area contributed by atoms with Crippen LogP contribution in [0.15, 0.2) is 48.5 Å². The molecule has 0 radical (unpaired) electrons. The van der Waals surface area contributed by atoms with Gasteiger partial charge < -0.3 is 19.3 Å². The van der Waals surface area contributed by atoms with Crippen LogP contribution < -0.4 is 14.4 Å². The molecule has 2 aliphatic rings. The third-order valence-corrected chi connectivity index (χ3v) is 5.97. The lowest BCUT2D eigenvalue weighted by Gasteiger charge is -2.36. The van der Waals surface area contributed by atoms with E-state index in [1.165, 1.54) is 5.69 Å². The molecule has 0 N–H and O–H groups in total. The summed E-state index contributed by atoms with van der Waals surface area (Å²) in [6.45, 7) is 7.23. The van der Waals surface area contributed by atoms with Gasteiger partial charge in [-0.15, -0.1) is 0 Å². The Kier molecular flexibility index (Phi) is 6.74. The first-order valence-electron chi connectivity index (χ1n) is 10.9. The summed E-state index contributed by atoms with van der Waals surface area (Å²) >= 11 is 0. The number of methoxy groups -OCH3 is 1. The van der Waals surface area contributed by atoms with Crippen LogP contribution in [0.2, 0.25) is 0 Å². The normalized spacial score (nSPS) is 17.3. The second kappa shape index (κ2) is 9.85. The van der Waals surface area contributed by atoms with Crippen LogP contribution in [0.5, 0.6) is 11.5 Å². The summed E-state index contributed by atoms with van der Waals surface area (Å²) in [5, 5.41) is 0. The maximum Gasteiger partial charge on any atom is 0.257 e. The molecule has 0 aromatic heterocycles. The van der Waals surface area contributed by atoms with Crippen molar-refractivity contribution in [3.05, 3.63) is 54.1 Å². The summed E-state index contributed by atoms with van der Waals surface area (Å²) in [5.41, 5.74) is 1.87.